The van der Waals surface area contributed by atoms with Crippen LogP contribution < -0.4 is 4.90 Å². The molecule has 1 aromatic carbocycles. The number of amides is 3. The van der Waals surface area contributed by atoms with Crippen LogP contribution >= 0.6 is 0 Å². The highest BCUT2D eigenvalue weighted by Gasteiger charge is 2.45. The third kappa shape index (κ3) is 1.64. The highest BCUT2D eigenvalue weighted by atomic mass is 19.1. The van der Waals surface area contributed by atoms with Crippen LogP contribution in [0.3, 0.4) is 0 Å². The Bertz CT molecular complexity index is 543. The Morgan fingerprint density at radius 1 is 1.17 bits per heavy atom. The van der Waals surface area contributed by atoms with Gasteiger partial charge in [0, 0.05) is 12.1 Å². The monoisotopic (exact) mass is 252 g/mol. The van der Waals surface area contributed by atoms with Gasteiger partial charge >= 0.3 is 6.03 Å². The first kappa shape index (κ1) is 11.1. The minimum Gasteiger partial charge on any atom is -0.312 e. The van der Waals surface area contributed by atoms with Gasteiger partial charge in [-0.15, -0.1) is 0 Å². The first-order chi connectivity index (χ1) is 8.58. The lowest BCUT2D eigenvalue weighted by Crippen LogP contribution is -2.34. The second-order valence-corrected chi connectivity index (χ2v) is 4.47. The highest BCUT2D eigenvalue weighted by Crippen LogP contribution is 2.33. The van der Waals surface area contributed by atoms with Gasteiger partial charge in [0.25, 0.3) is 5.91 Å². The number of imide groups is 1. The number of urea groups is 1. The number of hydrogen-bond acceptors (Lipinski definition) is 2. The van der Waals surface area contributed by atoms with Crippen LogP contribution in [-0.4, -0.2) is 29.4 Å². The van der Waals surface area contributed by atoms with Gasteiger partial charge in [-0.25, -0.2) is 18.5 Å². The van der Waals surface area contributed by atoms with Crippen molar-refractivity contribution in [3.8, 4) is 0 Å². The first-order valence-corrected chi connectivity index (χ1v) is 5.66. The van der Waals surface area contributed by atoms with E-state index in [1.165, 1.54) is 4.90 Å². The van der Waals surface area contributed by atoms with Gasteiger partial charge in [-0.2, -0.15) is 0 Å². The maximum Gasteiger partial charge on any atom is 0.332 e. The van der Waals surface area contributed by atoms with E-state index >= 15 is 0 Å². The lowest BCUT2D eigenvalue weighted by Gasteiger charge is -2.16. The molecule has 0 unspecified atom stereocenters. The van der Waals surface area contributed by atoms with Gasteiger partial charge in [-0.1, -0.05) is 0 Å². The maximum absolute atomic E-state index is 13.6. The van der Waals surface area contributed by atoms with Crippen LogP contribution in [0.2, 0.25) is 0 Å². The molecule has 4 nitrogen and oxygen atoms in total. The normalized spacial score (nSPS) is 19.9. The SMILES string of the molecule is O=C1CN(C2CC2)C(=O)N1c1ccc(F)cc1F. The fourth-order valence-corrected chi connectivity index (χ4v) is 2.09. The average molecular weight is 252 g/mol. The van der Waals surface area contributed by atoms with E-state index in [0.717, 1.165) is 29.9 Å². The summed E-state index contributed by atoms with van der Waals surface area (Å²) in [6.45, 7) is -0.0275. The van der Waals surface area contributed by atoms with Crippen molar-refractivity contribution in [2.24, 2.45) is 0 Å². The van der Waals surface area contributed by atoms with Crippen molar-refractivity contribution < 1.29 is 18.4 Å². The third-order valence-electron chi connectivity index (χ3n) is 3.13. The first-order valence-electron chi connectivity index (χ1n) is 5.66. The largest absolute Gasteiger partial charge is 0.332 e. The topological polar surface area (TPSA) is 40.6 Å². The Balaban J connectivity index is 1.95. The summed E-state index contributed by atoms with van der Waals surface area (Å²) in [6.07, 6.45) is 1.75. The molecule has 6 heteroatoms. The summed E-state index contributed by atoms with van der Waals surface area (Å²) in [5, 5.41) is 0. The smallest absolute Gasteiger partial charge is 0.312 e. The Morgan fingerprint density at radius 2 is 1.89 bits per heavy atom. The van der Waals surface area contributed by atoms with Gasteiger partial charge in [0.2, 0.25) is 0 Å². The molecule has 1 aliphatic carbocycles. The molecule has 0 aromatic heterocycles. The van der Waals surface area contributed by atoms with Crippen LogP contribution in [0.25, 0.3) is 0 Å². The number of benzene rings is 1. The molecule has 3 amide bonds. The molecule has 1 aliphatic heterocycles. The van der Waals surface area contributed by atoms with Gasteiger partial charge in [0.1, 0.15) is 18.2 Å². The third-order valence-corrected chi connectivity index (χ3v) is 3.13. The summed E-state index contributed by atoms with van der Waals surface area (Å²) in [7, 11) is 0. The molecule has 1 aromatic rings. The van der Waals surface area contributed by atoms with Crippen LogP contribution in [0.4, 0.5) is 19.3 Å². The van der Waals surface area contributed by atoms with E-state index in [9.17, 15) is 18.4 Å². The fourth-order valence-electron chi connectivity index (χ4n) is 2.09. The lowest BCUT2D eigenvalue weighted by molar-refractivity contribution is -0.116. The average Bonchev–Trinajstić information content (AvgIpc) is 3.09. The number of halogens is 2. The Morgan fingerprint density at radius 3 is 2.50 bits per heavy atom. The molecule has 1 saturated heterocycles. The maximum atomic E-state index is 13.6. The van der Waals surface area contributed by atoms with Crippen molar-refractivity contribution in [3.05, 3.63) is 29.8 Å². The molecule has 2 aliphatic rings. The van der Waals surface area contributed by atoms with Crippen molar-refractivity contribution in [2.75, 3.05) is 11.4 Å². The van der Waals surface area contributed by atoms with Gasteiger partial charge in [-0.3, -0.25) is 4.79 Å². The van der Waals surface area contributed by atoms with Crippen LogP contribution in [0.15, 0.2) is 18.2 Å². The molecule has 1 heterocycles. The zero-order valence-electron chi connectivity index (χ0n) is 9.40. The molecule has 18 heavy (non-hydrogen) atoms. The van der Waals surface area contributed by atoms with Crippen LogP contribution in [-0.2, 0) is 4.79 Å². The molecular weight excluding hydrogens is 242 g/mol. The van der Waals surface area contributed by atoms with Gasteiger partial charge < -0.3 is 4.90 Å². The number of carbonyl (C=O) groups excluding carboxylic acids is 2. The van der Waals surface area contributed by atoms with E-state index in [1.54, 1.807) is 0 Å². The minimum absolute atomic E-state index is 0.0275. The van der Waals surface area contributed by atoms with E-state index < -0.39 is 23.6 Å². The van der Waals surface area contributed by atoms with Crippen LogP contribution in [0.5, 0.6) is 0 Å². The summed E-state index contributed by atoms with van der Waals surface area (Å²) >= 11 is 0. The number of anilines is 1. The number of nitrogens with zero attached hydrogens (tertiary/aromatic N) is 2. The molecule has 94 valence electrons. The van der Waals surface area contributed by atoms with Crippen molar-refractivity contribution in [1.82, 2.24) is 4.90 Å². The minimum atomic E-state index is -0.908. The molecule has 2 fully saturated rings. The molecule has 0 bridgehead atoms. The van der Waals surface area contributed by atoms with E-state index in [1.807, 2.05) is 0 Å². The van der Waals surface area contributed by atoms with Gasteiger partial charge in [0.05, 0.1) is 5.69 Å². The molecule has 0 N–H and O–H groups in total. The Hall–Kier alpha value is -1.98. The predicted octanol–water partition coefficient (Wildman–Crippen LogP) is 1.90. The molecular formula is C12H10F2N2O2. The van der Waals surface area contributed by atoms with Crippen molar-refractivity contribution in [2.45, 2.75) is 18.9 Å². The summed E-state index contributed by atoms with van der Waals surface area (Å²) in [4.78, 5) is 26.0. The molecule has 3 rings (SSSR count). The number of hydrogen-bond donors (Lipinski definition) is 0. The summed E-state index contributed by atoms with van der Waals surface area (Å²) in [5.74, 6) is -2.12. The quantitative estimate of drug-likeness (QED) is 0.754. The molecule has 1 saturated carbocycles. The standard InChI is InChI=1S/C12H10F2N2O2/c13-7-1-4-10(9(14)5-7)16-11(17)6-15(12(16)18)8-2-3-8/h1,4-5,8H,2-3,6H2. The molecule has 0 spiro atoms. The zero-order valence-corrected chi connectivity index (χ0v) is 9.40. The van der Waals surface area contributed by atoms with Crippen LogP contribution in [0, 0.1) is 11.6 Å². The lowest BCUT2D eigenvalue weighted by atomic mass is 10.2. The van der Waals surface area contributed by atoms with E-state index in [0.29, 0.717) is 6.07 Å². The number of rotatable bonds is 2. The highest BCUT2D eigenvalue weighted by molar-refractivity contribution is 6.20. The second-order valence-electron chi connectivity index (χ2n) is 4.47. The van der Waals surface area contributed by atoms with E-state index in [-0.39, 0.29) is 18.3 Å². The molecule has 0 radical (unpaired) electrons. The predicted molar refractivity (Wildman–Crippen MR) is 59.0 cm³/mol. The van der Waals surface area contributed by atoms with Gasteiger partial charge in [0.15, 0.2) is 0 Å². The van der Waals surface area contributed by atoms with Gasteiger partial charge in [-0.05, 0) is 25.0 Å². The van der Waals surface area contributed by atoms with Crippen molar-refractivity contribution >= 4 is 17.6 Å². The van der Waals surface area contributed by atoms with Crippen LogP contribution in [0.1, 0.15) is 12.8 Å². The summed E-state index contributed by atoms with van der Waals surface area (Å²) in [5.41, 5.74) is -0.186. The Kier molecular flexibility index (Phi) is 2.33. The fraction of sp³-hybridized carbons (Fsp3) is 0.333. The van der Waals surface area contributed by atoms with E-state index in [2.05, 4.69) is 0 Å². The Labute approximate surface area is 102 Å². The number of carbonyl (C=O) groups is 2. The second kappa shape index (κ2) is 3.76. The van der Waals surface area contributed by atoms with Crippen molar-refractivity contribution in [3.63, 3.8) is 0 Å². The molecule has 0 atom stereocenters. The van der Waals surface area contributed by atoms with Crippen molar-refractivity contribution in [1.29, 1.82) is 0 Å². The summed E-state index contributed by atoms with van der Waals surface area (Å²) in [6, 6.07) is 2.37. The zero-order chi connectivity index (χ0) is 12.9. The van der Waals surface area contributed by atoms with E-state index in [4.69, 9.17) is 0 Å². The summed E-state index contributed by atoms with van der Waals surface area (Å²) < 4.78 is 26.4.